The maximum absolute atomic E-state index is 12.9. The second-order valence-corrected chi connectivity index (χ2v) is 5.20. The van der Waals surface area contributed by atoms with Gasteiger partial charge in [-0.3, -0.25) is 0 Å². The Morgan fingerprint density at radius 2 is 1.79 bits per heavy atom. The fourth-order valence-electron chi connectivity index (χ4n) is 2.34. The van der Waals surface area contributed by atoms with Crippen LogP contribution >= 0.6 is 0 Å². The highest BCUT2D eigenvalue weighted by Gasteiger charge is 2.11. The molecule has 0 aliphatic heterocycles. The van der Waals surface area contributed by atoms with Gasteiger partial charge in [0.05, 0.1) is 6.20 Å². The third kappa shape index (κ3) is 3.84. The minimum atomic E-state index is -0.244. The maximum Gasteiger partial charge on any atom is 0.251 e. The van der Waals surface area contributed by atoms with E-state index < -0.39 is 0 Å². The summed E-state index contributed by atoms with van der Waals surface area (Å²) >= 11 is 0. The van der Waals surface area contributed by atoms with Crippen LogP contribution < -0.4 is 10.2 Å². The average Bonchev–Trinajstić information content (AvgIpc) is 2.63. The topological polar surface area (TPSA) is 53.9 Å². The summed E-state index contributed by atoms with van der Waals surface area (Å²) in [7, 11) is 0. The molecular formula is C18H18FN5. The van der Waals surface area contributed by atoms with Gasteiger partial charge in [0.25, 0.3) is 5.95 Å². The van der Waals surface area contributed by atoms with Gasteiger partial charge in [-0.05, 0) is 36.8 Å². The van der Waals surface area contributed by atoms with Gasteiger partial charge in [0.2, 0.25) is 0 Å². The van der Waals surface area contributed by atoms with Crippen molar-refractivity contribution in [3.63, 3.8) is 0 Å². The molecule has 3 rings (SSSR count). The minimum Gasteiger partial charge on any atom is -0.365 e. The van der Waals surface area contributed by atoms with Gasteiger partial charge in [0, 0.05) is 18.8 Å². The number of nitrogens with zero attached hydrogens (tertiary/aromatic N) is 4. The van der Waals surface area contributed by atoms with Crippen molar-refractivity contribution in [3.05, 3.63) is 72.2 Å². The molecule has 0 radical (unpaired) electrons. The fraction of sp³-hybridized carbons (Fsp3) is 0.167. The smallest absolute Gasteiger partial charge is 0.251 e. The zero-order valence-corrected chi connectivity index (χ0v) is 13.4. The number of hydrogen-bond donors (Lipinski definition) is 1. The van der Waals surface area contributed by atoms with Gasteiger partial charge in [-0.1, -0.05) is 30.3 Å². The molecule has 0 saturated carbocycles. The van der Waals surface area contributed by atoms with Gasteiger partial charge in [0.1, 0.15) is 5.82 Å². The van der Waals surface area contributed by atoms with Crippen LogP contribution in [0.2, 0.25) is 0 Å². The molecule has 0 aliphatic carbocycles. The molecule has 0 atom stereocenters. The first-order chi connectivity index (χ1) is 11.8. The van der Waals surface area contributed by atoms with Gasteiger partial charge in [-0.25, -0.2) is 4.39 Å². The van der Waals surface area contributed by atoms with Crippen molar-refractivity contribution in [1.82, 2.24) is 15.2 Å². The van der Waals surface area contributed by atoms with Crippen molar-refractivity contribution in [2.45, 2.75) is 13.5 Å². The van der Waals surface area contributed by atoms with Gasteiger partial charge < -0.3 is 10.2 Å². The maximum atomic E-state index is 12.9. The fourth-order valence-corrected chi connectivity index (χ4v) is 2.34. The van der Waals surface area contributed by atoms with E-state index in [4.69, 9.17) is 0 Å². The monoisotopic (exact) mass is 323 g/mol. The normalized spacial score (nSPS) is 10.4. The molecule has 6 heteroatoms. The van der Waals surface area contributed by atoms with E-state index in [0.717, 1.165) is 17.8 Å². The molecular weight excluding hydrogens is 305 g/mol. The molecule has 0 bridgehead atoms. The van der Waals surface area contributed by atoms with E-state index in [1.54, 1.807) is 18.3 Å². The van der Waals surface area contributed by atoms with Crippen LogP contribution in [0.1, 0.15) is 12.5 Å². The van der Waals surface area contributed by atoms with Gasteiger partial charge in [-0.2, -0.15) is 10.1 Å². The predicted octanol–water partition coefficient (Wildman–Crippen LogP) is 3.78. The second kappa shape index (κ2) is 7.50. The molecule has 0 spiro atoms. The average molecular weight is 323 g/mol. The third-order valence-corrected chi connectivity index (χ3v) is 3.56. The van der Waals surface area contributed by atoms with Gasteiger partial charge >= 0.3 is 0 Å². The SMILES string of the molecule is CCN(c1ccccc1)c1nncc(NCc2ccc(F)cc2)n1. The quantitative estimate of drug-likeness (QED) is 0.748. The van der Waals surface area contributed by atoms with Gasteiger partial charge in [-0.15, -0.1) is 5.10 Å². The predicted molar refractivity (Wildman–Crippen MR) is 92.7 cm³/mol. The highest BCUT2D eigenvalue weighted by atomic mass is 19.1. The molecule has 0 aliphatic rings. The molecule has 5 nitrogen and oxygen atoms in total. The van der Waals surface area contributed by atoms with Crippen molar-refractivity contribution in [2.24, 2.45) is 0 Å². The standard InChI is InChI=1S/C18H18FN5/c1-2-24(16-6-4-3-5-7-16)18-22-17(13-21-23-18)20-12-14-8-10-15(19)11-9-14/h3-11,13H,2,12H2,1H3,(H,20,22,23). The van der Waals surface area contributed by atoms with Crippen LogP contribution in [0.3, 0.4) is 0 Å². The van der Waals surface area contributed by atoms with E-state index in [1.165, 1.54) is 12.1 Å². The van der Waals surface area contributed by atoms with Crippen LogP contribution in [0.15, 0.2) is 60.8 Å². The minimum absolute atomic E-state index is 0.244. The van der Waals surface area contributed by atoms with Crippen LogP contribution in [0, 0.1) is 5.82 Å². The summed E-state index contributed by atoms with van der Waals surface area (Å²) in [6.45, 7) is 3.30. The zero-order valence-electron chi connectivity index (χ0n) is 13.4. The lowest BCUT2D eigenvalue weighted by molar-refractivity contribution is 0.627. The number of anilines is 3. The molecule has 0 unspecified atom stereocenters. The Hall–Kier alpha value is -3.02. The molecule has 0 saturated heterocycles. The van der Waals surface area contributed by atoms with Crippen molar-refractivity contribution < 1.29 is 4.39 Å². The Labute approximate surface area is 140 Å². The Morgan fingerprint density at radius 1 is 1.04 bits per heavy atom. The molecule has 1 aromatic heterocycles. The molecule has 2 aromatic carbocycles. The summed E-state index contributed by atoms with van der Waals surface area (Å²) in [6.07, 6.45) is 1.58. The summed E-state index contributed by atoms with van der Waals surface area (Å²) in [6, 6.07) is 16.3. The lowest BCUT2D eigenvalue weighted by Crippen LogP contribution is -2.19. The highest BCUT2D eigenvalue weighted by molar-refractivity contribution is 5.57. The molecule has 3 aromatic rings. The van der Waals surface area contributed by atoms with E-state index in [-0.39, 0.29) is 5.82 Å². The lowest BCUT2D eigenvalue weighted by atomic mass is 10.2. The highest BCUT2D eigenvalue weighted by Crippen LogP contribution is 2.21. The lowest BCUT2D eigenvalue weighted by Gasteiger charge is -2.20. The van der Waals surface area contributed by atoms with Crippen molar-refractivity contribution >= 4 is 17.5 Å². The number of halogens is 1. The van der Waals surface area contributed by atoms with E-state index in [1.807, 2.05) is 42.2 Å². The van der Waals surface area contributed by atoms with Crippen molar-refractivity contribution in [2.75, 3.05) is 16.8 Å². The molecule has 0 amide bonds. The Kier molecular flexibility index (Phi) is 4.96. The molecule has 1 N–H and O–H groups in total. The first-order valence-corrected chi connectivity index (χ1v) is 7.77. The number of hydrogen-bond acceptors (Lipinski definition) is 5. The number of para-hydroxylation sites is 1. The summed E-state index contributed by atoms with van der Waals surface area (Å²) in [5, 5.41) is 11.3. The number of rotatable bonds is 6. The number of aromatic nitrogens is 3. The molecule has 122 valence electrons. The largest absolute Gasteiger partial charge is 0.365 e. The summed E-state index contributed by atoms with van der Waals surface area (Å²) in [4.78, 5) is 6.50. The first-order valence-electron chi connectivity index (χ1n) is 7.77. The summed E-state index contributed by atoms with van der Waals surface area (Å²) in [5.41, 5.74) is 1.98. The summed E-state index contributed by atoms with van der Waals surface area (Å²) in [5.74, 6) is 0.915. The molecule has 24 heavy (non-hydrogen) atoms. The zero-order chi connectivity index (χ0) is 16.8. The van der Waals surface area contributed by atoms with E-state index in [9.17, 15) is 4.39 Å². The van der Waals surface area contributed by atoms with Crippen molar-refractivity contribution in [1.29, 1.82) is 0 Å². The third-order valence-electron chi connectivity index (χ3n) is 3.56. The van der Waals surface area contributed by atoms with Crippen LogP contribution in [0.4, 0.5) is 21.8 Å². The van der Waals surface area contributed by atoms with Gasteiger partial charge in [0.15, 0.2) is 5.82 Å². The van der Waals surface area contributed by atoms with Crippen molar-refractivity contribution in [3.8, 4) is 0 Å². The first kappa shape index (κ1) is 15.9. The second-order valence-electron chi connectivity index (χ2n) is 5.20. The number of benzene rings is 2. The Bertz CT molecular complexity index is 777. The Balaban J connectivity index is 1.74. The molecule has 0 fully saturated rings. The van der Waals surface area contributed by atoms with E-state index in [0.29, 0.717) is 18.3 Å². The van der Waals surface area contributed by atoms with Crippen LogP contribution in [-0.2, 0) is 6.54 Å². The van der Waals surface area contributed by atoms with Crippen LogP contribution in [0.5, 0.6) is 0 Å². The van der Waals surface area contributed by atoms with E-state index >= 15 is 0 Å². The Morgan fingerprint density at radius 3 is 2.50 bits per heavy atom. The number of nitrogens with one attached hydrogen (secondary N) is 1. The van der Waals surface area contributed by atoms with Crippen LogP contribution in [-0.4, -0.2) is 21.7 Å². The summed E-state index contributed by atoms with van der Waals surface area (Å²) < 4.78 is 12.9. The van der Waals surface area contributed by atoms with E-state index in [2.05, 4.69) is 20.5 Å². The molecule has 1 heterocycles. The van der Waals surface area contributed by atoms with Crippen LogP contribution in [0.25, 0.3) is 0 Å².